The van der Waals surface area contributed by atoms with Crippen LogP contribution in [0.1, 0.15) is 58.4 Å². The van der Waals surface area contributed by atoms with Gasteiger partial charge in [0, 0.05) is 25.1 Å². The van der Waals surface area contributed by atoms with E-state index in [9.17, 15) is 9.59 Å². The second kappa shape index (κ2) is 8.32. The van der Waals surface area contributed by atoms with Crippen LogP contribution in [-0.2, 0) is 15.0 Å². The average Bonchev–Trinajstić information content (AvgIpc) is 2.91. The number of carboxylic acids is 1. The summed E-state index contributed by atoms with van der Waals surface area (Å²) in [5, 5.41) is 8.63. The summed E-state index contributed by atoms with van der Waals surface area (Å²) in [4.78, 5) is 24.9. The molecular weight excluding hydrogens is 314 g/mol. The lowest BCUT2D eigenvalue weighted by Crippen LogP contribution is -2.32. The normalized spacial score (nSPS) is 18.3. The lowest BCUT2D eigenvalue weighted by atomic mass is 9.87. The molecule has 1 fully saturated rings. The third kappa shape index (κ3) is 5.45. The fourth-order valence-corrected chi connectivity index (χ4v) is 3.16. The molecule has 0 radical (unpaired) electrons. The van der Waals surface area contributed by atoms with E-state index in [-0.39, 0.29) is 23.7 Å². The van der Waals surface area contributed by atoms with Gasteiger partial charge < -0.3 is 10.0 Å². The third-order valence-electron chi connectivity index (χ3n) is 4.70. The first-order valence-corrected chi connectivity index (χ1v) is 9.06. The monoisotopic (exact) mass is 343 g/mol. The molecule has 1 aliphatic rings. The van der Waals surface area contributed by atoms with Gasteiger partial charge in [-0.05, 0) is 42.4 Å². The number of nitrogens with zero attached hydrogens (tertiary/aromatic N) is 1. The van der Waals surface area contributed by atoms with Gasteiger partial charge in [-0.3, -0.25) is 9.59 Å². The molecule has 4 nitrogen and oxygen atoms in total. The molecule has 1 saturated heterocycles. The molecule has 136 valence electrons. The highest BCUT2D eigenvalue weighted by molar-refractivity contribution is 5.91. The number of rotatable bonds is 7. The highest BCUT2D eigenvalue weighted by atomic mass is 16.4. The Morgan fingerprint density at radius 2 is 1.92 bits per heavy atom. The van der Waals surface area contributed by atoms with Crippen LogP contribution in [0.25, 0.3) is 0 Å². The number of unbranched alkanes of at least 4 members (excludes halogenated alkanes) is 1. The van der Waals surface area contributed by atoms with Crippen LogP contribution >= 0.6 is 0 Å². The van der Waals surface area contributed by atoms with Crippen LogP contribution in [0.2, 0.25) is 0 Å². The second-order valence-corrected chi connectivity index (χ2v) is 7.72. The van der Waals surface area contributed by atoms with Gasteiger partial charge in [-0.15, -0.1) is 0 Å². The smallest absolute Gasteiger partial charge is 0.303 e. The molecule has 1 N–H and O–H groups in total. The van der Waals surface area contributed by atoms with E-state index in [0.29, 0.717) is 19.3 Å². The van der Waals surface area contributed by atoms with Crippen molar-refractivity contribution >= 4 is 17.4 Å². The summed E-state index contributed by atoms with van der Waals surface area (Å²) in [6.45, 7) is 7.35. The van der Waals surface area contributed by atoms with Gasteiger partial charge in [0.05, 0.1) is 6.04 Å². The fraction of sp³-hybridized carbons (Fsp3) is 0.524. The van der Waals surface area contributed by atoms with E-state index in [1.54, 1.807) is 0 Å². The van der Waals surface area contributed by atoms with Crippen LogP contribution in [0.15, 0.2) is 36.4 Å². The molecule has 2 rings (SSSR count). The van der Waals surface area contributed by atoms with Crippen LogP contribution in [-0.4, -0.2) is 29.4 Å². The lowest BCUT2D eigenvalue weighted by molar-refractivity contribution is -0.137. The number of benzene rings is 1. The first-order chi connectivity index (χ1) is 11.8. The molecule has 0 saturated carbocycles. The van der Waals surface area contributed by atoms with Crippen LogP contribution < -0.4 is 4.90 Å². The van der Waals surface area contributed by atoms with Crippen LogP contribution in [0, 0.1) is 0 Å². The summed E-state index contributed by atoms with van der Waals surface area (Å²) in [6.07, 6.45) is 6.88. The standard InChI is InChI=1S/C21H29NO3/c1-21(2,3)16-10-12-17(13-11-16)22-15-14-19(23)18(22)8-6-4-5-7-9-20(24)25/h4,6,10-13,18H,5,7-9,14-15H2,1-3H3,(H,24,25). The fourth-order valence-electron chi connectivity index (χ4n) is 3.16. The Labute approximate surface area is 150 Å². The van der Waals surface area contributed by atoms with Crippen LogP contribution in [0.3, 0.4) is 0 Å². The van der Waals surface area contributed by atoms with Gasteiger partial charge in [-0.25, -0.2) is 0 Å². The molecule has 0 amide bonds. The molecule has 0 aromatic heterocycles. The van der Waals surface area contributed by atoms with Crippen molar-refractivity contribution < 1.29 is 14.7 Å². The molecule has 0 spiro atoms. The molecule has 4 heteroatoms. The number of carbonyl (C=O) groups excluding carboxylic acids is 1. The van der Waals surface area contributed by atoms with E-state index in [1.807, 2.05) is 12.2 Å². The number of carbonyl (C=O) groups is 2. The van der Waals surface area contributed by atoms with Crippen molar-refractivity contribution in [1.29, 1.82) is 0 Å². The highest BCUT2D eigenvalue weighted by Crippen LogP contribution is 2.29. The minimum Gasteiger partial charge on any atom is -0.481 e. The zero-order valence-electron chi connectivity index (χ0n) is 15.5. The maximum absolute atomic E-state index is 12.2. The van der Waals surface area contributed by atoms with Gasteiger partial charge in [-0.1, -0.05) is 45.1 Å². The molecule has 1 unspecified atom stereocenters. The van der Waals surface area contributed by atoms with E-state index in [1.165, 1.54) is 5.56 Å². The maximum atomic E-state index is 12.2. The SMILES string of the molecule is CC(C)(C)c1ccc(N2CCC(=O)C2CC=CCCCC(=O)O)cc1. The Hall–Kier alpha value is -2.10. The van der Waals surface area contributed by atoms with Crippen molar-refractivity contribution in [3.8, 4) is 0 Å². The van der Waals surface area contributed by atoms with Gasteiger partial charge in [0.1, 0.15) is 0 Å². The molecule has 1 aliphatic heterocycles. The molecule has 0 bridgehead atoms. The van der Waals surface area contributed by atoms with Gasteiger partial charge >= 0.3 is 5.97 Å². The summed E-state index contributed by atoms with van der Waals surface area (Å²) in [6, 6.07) is 8.43. The molecule has 1 heterocycles. The number of hydrogen-bond acceptors (Lipinski definition) is 3. The predicted octanol–water partition coefficient (Wildman–Crippen LogP) is 4.33. The summed E-state index contributed by atoms with van der Waals surface area (Å²) < 4.78 is 0. The molecule has 1 aromatic carbocycles. The number of carboxylic acid groups (broad SMARTS) is 1. The van der Waals surface area contributed by atoms with Crippen molar-refractivity contribution in [3.63, 3.8) is 0 Å². The largest absolute Gasteiger partial charge is 0.481 e. The predicted molar refractivity (Wildman–Crippen MR) is 101 cm³/mol. The van der Waals surface area contributed by atoms with Gasteiger partial charge in [0.25, 0.3) is 0 Å². The Balaban J connectivity index is 1.96. The van der Waals surface area contributed by atoms with Crippen molar-refractivity contribution in [1.82, 2.24) is 0 Å². The Morgan fingerprint density at radius 3 is 2.52 bits per heavy atom. The summed E-state index contributed by atoms with van der Waals surface area (Å²) in [7, 11) is 0. The van der Waals surface area contributed by atoms with Crippen molar-refractivity contribution in [2.75, 3.05) is 11.4 Å². The van der Waals surface area contributed by atoms with E-state index < -0.39 is 5.97 Å². The van der Waals surface area contributed by atoms with E-state index in [0.717, 1.165) is 18.7 Å². The Morgan fingerprint density at radius 1 is 1.24 bits per heavy atom. The molecular formula is C21H29NO3. The zero-order valence-corrected chi connectivity index (χ0v) is 15.5. The number of hydrogen-bond donors (Lipinski definition) is 1. The lowest BCUT2D eigenvalue weighted by Gasteiger charge is -2.26. The van der Waals surface area contributed by atoms with Crippen molar-refractivity contribution in [3.05, 3.63) is 42.0 Å². The van der Waals surface area contributed by atoms with Gasteiger partial charge in [-0.2, -0.15) is 0 Å². The second-order valence-electron chi connectivity index (χ2n) is 7.72. The summed E-state index contributed by atoms with van der Waals surface area (Å²) in [5.41, 5.74) is 2.51. The van der Waals surface area contributed by atoms with Gasteiger partial charge in [0.15, 0.2) is 5.78 Å². The summed E-state index contributed by atoms with van der Waals surface area (Å²) in [5.74, 6) is -0.473. The Kier molecular flexibility index (Phi) is 6.40. The number of aliphatic carboxylic acids is 1. The van der Waals surface area contributed by atoms with Crippen molar-refractivity contribution in [2.24, 2.45) is 0 Å². The van der Waals surface area contributed by atoms with E-state index >= 15 is 0 Å². The molecule has 1 atom stereocenters. The molecule has 1 aromatic rings. The first-order valence-electron chi connectivity index (χ1n) is 9.06. The number of ketones is 1. The quantitative estimate of drug-likeness (QED) is 0.591. The van der Waals surface area contributed by atoms with Gasteiger partial charge in [0.2, 0.25) is 0 Å². The average molecular weight is 343 g/mol. The van der Waals surface area contributed by atoms with Crippen LogP contribution in [0.5, 0.6) is 0 Å². The topological polar surface area (TPSA) is 57.6 Å². The molecule has 25 heavy (non-hydrogen) atoms. The van der Waals surface area contributed by atoms with E-state index in [4.69, 9.17) is 5.11 Å². The number of allylic oxidation sites excluding steroid dienone is 1. The maximum Gasteiger partial charge on any atom is 0.303 e. The Bertz CT molecular complexity index is 626. The molecule has 0 aliphatic carbocycles. The number of anilines is 1. The summed E-state index contributed by atoms with van der Waals surface area (Å²) >= 11 is 0. The zero-order chi connectivity index (χ0) is 18.4. The third-order valence-corrected chi connectivity index (χ3v) is 4.70. The van der Waals surface area contributed by atoms with E-state index in [2.05, 4.69) is 49.9 Å². The minimum absolute atomic E-state index is 0.101. The van der Waals surface area contributed by atoms with Crippen LogP contribution in [0.4, 0.5) is 5.69 Å². The highest BCUT2D eigenvalue weighted by Gasteiger charge is 2.31. The number of Topliss-reactive ketones (excluding diaryl/α,β-unsaturated/α-hetero) is 1. The minimum atomic E-state index is -0.760. The van der Waals surface area contributed by atoms with Crippen molar-refractivity contribution in [2.45, 2.75) is 64.3 Å². The first kappa shape index (κ1) is 19.2.